The molecule has 0 fully saturated rings. The quantitative estimate of drug-likeness (QED) is 0.635. The lowest BCUT2D eigenvalue weighted by molar-refractivity contribution is 0.0919. The molecule has 1 aromatic carbocycles. The molecule has 1 atom stereocenters. The minimum Gasteiger partial charge on any atom is -0.392 e. The van der Waals surface area contributed by atoms with Gasteiger partial charge in [-0.15, -0.1) is 6.58 Å². The van der Waals surface area contributed by atoms with Crippen molar-refractivity contribution in [1.29, 1.82) is 0 Å². The van der Waals surface area contributed by atoms with Gasteiger partial charge in [0.05, 0.1) is 11.8 Å². The molecule has 1 amide bonds. The first-order chi connectivity index (χ1) is 12.9. The van der Waals surface area contributed by atoms with Crippen molar-refractivity contribution in [3.8, 4) is 11.3 Å². The van der Waals surface area contributed by atoms with Gasteiger partial charge in [0.2, 0.25) is 5.65 Å². The van der Waals surface area contributed by atoms with Gasteiger partial charge in [0.25, 0.3) is 11.5 Å². The Morgan fingerprint density at radius 3 is 2.81 bits per heavy atom. The first-order valence-corrected chi connectivity index (χ1v) is 8.74. The molecule has 0 saturated carbocycles. The van der Waals surface area contributed by atoms with Gasteiger partial charge in [0, 0.05) is 36.1 Å². The fourth-order valence-corrected chi connectivity index (χ4v) is 2.95. The summed E-state index contributed by atoms with van der Waals surface area (Å²) in [6.45, 7) is 5.63. The summed E-state index contributed by atoms with van der Waals surface area (Å²) in [6.07, 6.45) is 4.12. The van der Waals surface area contributed by atoms with Crippen LogP contribution in [0.4, 0.5) is 0 Å². The van der Waals surface area contributed by atoms with Crippen LogP contribution < -0.4 is 10.9 Å². The highest BCUT2D eigenvalue weighted by Crippen LogP contribution is 2.27. The summed E-state index contributed by atoms with van der Waals surface area (Å²) in [5.74, 6) is -0.464. The third kappa shape index (κ3) is 3.79. The maximum absolute atomic E-state index is 12.9. The Labute approximate surface area is 160 Å². The van der Waals surface area contributed by atoms with Gasteiger partial charge in [-0.2, -0.15) is 0 Å². The Kier molecular flexibility index (Phi) is 5.43. The van der Waals surface area contributed by atoms with Crippen LogP contribution >= 0.6 is 11.6 Å². The molecule has 27 heavy (non-hydrogen) atoms. The second-order valence-electron chi connectivity index (χ2n) is 6.11. The van der Waals surface area contributed by atoms with E-state index in [0.29, 0.717) is 16.3 Å². The van der Waals surface area contributed by atoms with Gasteiger partial charge in [0.15, 0.2) is 0 Å². The molecule has 2 heterocycles. The van der Waals surface area contributed by atoms with E-state index in [1.807, 2.05) is 18.2 Å². The van der Waals surface area contributed by atoms with Crippen molar-refractivity contribution in [3.63, 3.8) is 0 Å². The van der Waals surface area contributed by atoms with E-state index in [9.17, 15) is 14.7 Å². The van der Waals surface area contributed by atoms with Crippen LogP contribution in [-0.4, -0.2) is 37.6 Å². The van der Waals surface area contributed by atoms with E-state index in [2.05, 4.69) is 16.9 Å². The Morgan fingerprint density at radius 1 is 1.41 bits per heavy atom. The monoisotopic (exact) mass is 386 g/mol. The second kappa shape index (κ2) is 7.77. The van der Waals surface area contributed by atoms with Gasteiger partial charge in [-0.3, -0.25) is 18.6 Å². The Bertz CT molecular complexity index is 1070. The Morgan fingerprint density at radius 2 is 2.15 bits per heavy atom. The largest absolute Gasteiger partial charge is 0.392 e. The summed E-state index contributed by atoms with van der Waals surface area (Å²) in [4.78, 5) is 29.3. The fourth-order valence-electron chi connectivity index (χ4n) is 2.72. The van der Waals surface area contributed by atoms with Crippen molar-refractivity contribution in [2.24, 2.45) is 0 Å². The van der Waals surface area contributed by atoms with E-state index in [4.69, 9.17) is 11.6 Å². The zero-order chi connectivity index (χ0) is 19.6. The molecule has 0 radical (unpaired) electrons. The summed E-state index contributed by atoms with van der Waals surface area (Å²) in [5, 5.41) is 12.4. The van der Waals surface area contributed by atoms with E-state index >= 15 is 0 Å². The summed E-state index contributed by atoms with van der Waals surface area (Å²) in [7, 11) is 0. The van der Waals surface area contributed by atoms with Gasteiger partial charge in [-0.1, -0.05) is 35.9 Å². The number of halogens is 1. The van der Waals surface area contributed by atoms with E-state index < -0.39 is 12.0 Å². The van der Waals surface area contributed by atoms with Gasteiger partial charge in [0.1, 0.15) is 5.69 Å². The normalized spacial score (nSPS) is 12.1. The van der Waals surface area contributed by atoms with E-state index in [0.717, 1.165) is 0 Å². The van der Waals surface area contributed by atoms with Crippen LogP contribution in [0.25, 0.3) is 16.9 Å². The number of fused-ring (bicyclic) bond motifs is 1. The number of aromatic nitrogens is 3. The number of aliphatic hydroxyl groups is 1. The number of nitrogens with one attached hydrogen (secondary N) is 1. The highest BCUT2D eigenvalue weighted by Gasteiger charge is 2.17. The number of amides is 1. The first-order valence-electron chi connectivity index (χ1n) is 8.37. The van der Waals surface area contributed by atoms with Crippen molar-refractivity contribution < 1.29 is 9.90 Å². The summed E-state index contributed by atoms with van der Waals surface area (Å²) < 4.78 is 3.02. The lowest BCUT2D eigenvalue weighted by atomic mass is 10.1. The molecule has 0 aliphatic carbocycles. The van der Waals surface area contributed by atoms with Gasteiger partial charge in [-0.25, -0.2) is 4.98 Å². The number of nitrogens with zero attached hydrogens (tertiary/aromatic N) is 3. The summed E-state index contributed by atoms with van der Waals surface area (Å²) in [5.41, 5.74) is 1.13. The van der Waals surface area contributed by atoms with Crippen molar-refractivity contribution >= 4 is 23.2 Å². The SMILES string of the molecule is C=CCn1c(-c2ccccc2Cl)cn2cc(C(=O)NC[C@H](C)O)nc2c1=O. The minimum atomic E-state index is -0.678. The van der Waals surface area contributed by atoms with Crippen LogP contribution in [0.3, 0.4) is 0 Å². The average molecular weight is 387 g/mol. The molecule has 0 saturated heterocycles. The topological polar surface area (TPSA) is 88.6 Å². The molecule has 0 aliphatic heterocycles. The van der Waals surface area contributed by atoms with Crippen LogP contribution in [0, 0.1) is 0 Å². The van der Waals surface area contributed by atoms with Crippen LogP contribution in [0.5, 0.6) is 0 Å². The number of rotatable bonds is 6. The number of hydrogen-bond donors (Lipinski definition) is 2. The molecule has 0 aliphatic rings. The number of allylic oxidation sites excluding steroid dienone is 1. The third-order valence-corrected chi connectivity index (χ3v) is 4.30. The molecular formula is C19H19ClN4O3. The van der Waals surface area contributed by atoms with Crippen LogP contribution in [0.2, 0.25) is 5.02 Å². The number of carbonyl (C=O) groups is 1. The lowest BCUT2D eigenvalue weighted by Gasteiger charge is -2.13. The van der Waals surface area contributed by atoms with Gasteiger partial charge in [-0.05, 0) is 13.0 Å². The lowest BCUT2D eigenvalue weighted by Crippen LogP contribution is -2.30. The summed E-state index contributed by atoms with van der Waals surface area (Å²) in [6, 6.07) is 7.20. The highest BCUT2D eigenvalue weighted by molar-refractivity contribution is 6.33. The molecular weight excluding hydrogens is 368 g/mol. The van der Waals surface area contributed by atoms with E-state index in [-0.39, 0.29) is 30.0 Å². The number of hydrogen-bond acceptors (Lipinski definition) is 4. The van der Waals surface area contributed by atoms with Crippen molar-refractivity contribution in [2.75, 3.05) is 6.54 Å². The smallest absolute Gasteiger partial charge is 0.295 e. The van der Waals surface area contributed by atoms with Crippen molar-refractivity contribution in [3.05, 3.63) is 70.4 Å². The molecule has 0 spiro atoms. The first kappa shape index (κ1) is 18.9. The molecule has 7 nitrogen and oxygen atoms in total. The minimum absolute atomic E-state index is 0.0919. The number of benzene rings is 1. The molecule has 3 rings (SSSR count). The Hall–Kier alpha value is -2.90. The fraction of sp³-hybridized carbons (Fsp3) is 0.211. The molecule has 3 aromatic rings. The zero-order valence-corrected chi connectivity index (χ0v) is 15.5. The molecule has 0 unspecified atom stereocenters. The van der Waals surface area contributed by atoms with E-state index in [1.54, 1.807) is 25.3 Å². The third-order valence-electron chi connectivity index (χ3n) is 3.97. The van der Waals surface area contributed by atoms with Crippen LogP contribution in [-0.2, 0) is 6.54 Å². The van der Waals surface area contributed by atoms with Crippen molar-refractivity contribution in [1.82, 2.24) is 19.3 Å². The average Bonchev–Trinajstić information content (AvgIpc) is 3.07. The maximum Gasteiger partial charge on any atom is 0.295 e. The molecule has 8 heteroatoms. The number of imidazole rings is 1. The van der Waals surface area contributed by atoms with E-state index in [1.165, 1.54) is 15.2 Å². The van der Waals surface area contributed by atoms with Gasteiger partial charge < -0.3 is 10.4 Å². The summed E-state index contributed by atoms with van der Waals surface area (Å²) >= 11 is 6.31. The number of carbonyl (C=O) groups excluding carboxylic acids is 1. The highest BCUT2D eigenvalue weighted by atomic mass is 35.5. The standard InChI is InChI=1S/C19H19ClN4O3/c1-3-8-24-16(13-6-4-5-7-14(13)20)11-23-10-15(22-17(23)19(24)27)18(26)21-9-12(2)25/h3-7,10-12,25H,1,8-9H2,2H3,(H,21,26)/t12-/m0/s1. The van der Waals surface area contributed by atoms with Crippen LogP contribution in [0.1, 0.15) is 17.4 Å². The maximum atomic E-state index is 12.9. The molecule has 2 N–H and O–H groups in total. The molecule has 2 aromatic heterocycles. The van der Waals surface area contributed by atoms with Crippen LogP contribution in [0.15, 0.2) is 54.1 Å². The zero-order valence-electron chi connectivity index (χ0n) is 14.7. The van der Waals surface area contributed by atoms with Gasteiger partial charge >= 0.3 is 0 Å². The predicted molar refractivity (Wildman–Crippen MR) is 104 cm³/mol. The molecule has 140 valence electrons. The predicted octanol–water partition coefficient (Wildman–Crippen LogP) is 2.11. The number of aliphatic hydroxyl groups excluding tert-OH is 1. The molecule has 0 bridgehead atoms. The second-order valence-corrected chi connectivity index (χ2v) is 6.52. The Balaban J connectivity index is 2.16. The van der Waals surface area contributed by atoms with Crippen molar-refractivity contribution in [2.45, 2.75) is 19.6 Å².